The van der Waals surface area contributed by atoms with Gasteiger partial charge < -0.3 is 15.0 Å². The molecule has 1 N–H and O–H groups in total. The van der Waals surface area contributed by atoms with E-state index in [0.717, 1.165) is 5.56 Å². The Balaban J connectivity index is 1.58. The summed E-state index contributed by atoms with van der Waals surface area (Å²) in [6, 6.07) is 14.4. The van der Waals surface area contributed by atoms with E-state index in [0.29, 0.717) is 30.3 Å². The van der Waals surface area contributed by atoms with Crippen LogP contribution in [0.25, 0.3) is 0 Å². The van der Waals surface area contributed by atoms with Crippen LogP contribution >= 0.6 is 0 Å². The molecule has 0 aliphatic carbocycles. The second-order valence-corrected chi connectivity index (χ2v) is 10.8. The van der Waals surface area contributed by atoms with Gasteiger partial charge in [-0.3, -0.25) is 10.1 Å². The zero-order valence-electron chi connectivity index (χ0n) is 19.8. The third kappa shape index (κ3) is 4.27. The first-order valence-corrected chi connectivity index (χ1v) is 13.0. The van der Waals surface area contributed by atoms with Crippen LogP contribution in [0.4, 0.5) is 17.3 Å². The minimum absolute atomic E-state index is 0.0412. The summed E-state index contributed by atoms with van der Waals surface area (Å²) in [6.07, 6.45) is 0.517. The molecule has 36 heavy (non-hydrogen) atoms. The Morgan fingerprint density at radius 3 is 2.56 bits per heavy atom. The number of non-ortho nitro benzene ring substituents is 1. The monoisotopic (exact) mass is 510 g/mol. The Hall–Kier alpha value is -3.61. The summed E-state index contributed by atoms with van der Waals surface area (Å²) in [5.41, 5.74) is 1.45. The molecule has 0 radical (unpaired) electrons. The number of benzene rings is 2. The quantitative estimate of drug-likeness (QED) is 0.376. The predicted octanol–water partition coefficient (Wildman–Crippen LogP) is 3.31. The maximum atomic E-state index is 13.8. The van der Waals surface area contributed by atoms with Gasteiger partial charge in [-0.05, 0) is 31.5 Å². The van der Waals surface area contributed by atoms with Crippen LogP contribution in [0.2, 0.25) is 0 Å². The minimum atomic E-state index is -4.06. The van der Waals surface area contributed by atoms with E-state index in [2.05, 4.69) is 20.2 Å². The number of sulfonamides is 1. The number of fused-ring (bicyclic) bond motifs is 4. The van der Waals surface area contributed by atoms with Gasteiger partial charge in [-0.25, -0.2) is 18.4 Å². The van der Waals surface area contributed by atoms with Crippen LogP contribution in [-0.4, -0.2) is 52.8 Å². The third-order valence-corrected chi connectivity index (χ3v) is 8.28. The van der Waals surface area contributed by atoms with E-state index in [1.54, 1.807) is 0 Å². The summed E-state index contributed by atoms with van der Waals surface area (Å²) in [5, 5.41) is 14.3. The van der Waals surface area contributed by atoms with E-state index in [-0.39, 0.29) is 23.2 Å². The van der Waals surface area contributed by atoms with Crippen LogP contribution in [0.3, 0.4) is 0 Å². The fourth-order valence-electron chi connectivity index (χ4n) is 4.56. The van der Waals surface area contributed by atoms with Gasteiger partial charge in [-0.1, -0.05) is 30.3 Å². The maximum Gasteiger partial charge on any atom is 0.269 e. The second-order valence-electron chi connectivity index (χ2n) is 8.97. The second kappa shape index (κ2) is 9.45. The van der Waals surface area contributed by atoms with Crippen molar-refractivity contribution in [3.63, 3.8) is 0 Å². The van der Waals surface area contributed by atoms with Crippen molar-refractivity contribution in [1.29, 1.82) is 0 Å². The Kier molecular flexibility index (Phi) is 6.33. The first kappa shape index (κ1) is 24.1. The molecule has 12 heteroatoms. The molecule has 2 atom stereocenters. The van der Waals surface area contributed by atoms with Gasteiger partial charge >= 0.3 is 0 Å². The normalized spacial score (nSPS) is 19.4. The molecular weight excluding hydrogens is 484 g/mol. The van der Waals surface area contributed by atoms with Gasteiger partial charge in [0.25, 0.3) is 5.69 Å². The molecule has 2 aliphatic rings. The molecule has 0 amide bonds. The number of anilines is 2. The fourth-order valence-corrected chi connectivity index (χ4v) is 6.23. The maximum absolute atomic E-state index is 13.8. The standard InChI is InChI=1S/C24H26N6O5S/c1-16(2)28(13-17-6-4-3-5-7-17)23-21-22(26-15-27-23)25-12-19-14-35-24(21)29(19)36(33,34)20-10-8-18(9-11-20)30(31)32/h3-11,15-16,19,24H,12-14H2,1-2H3,(H,25,26,27)/t19-,24?/m0/s1. The van der Waals surface area contributed by atoms with Gasteiger partial charge in [0.1, 0.15) is 18.0 Å². The fraction of sp³-hybridized carbons (Fsp3) is 0.333. The lowest BCUT2D eigenvalue weighted by Crippen LogP contribution is -2.40. The van der Waals surface area contributed by atoms with E-state index in [9.17, 15) is 18.5 Å². The number of nitro groups is 1. The van der Waals surface area contributed by atoms with E-state index < -0.39 is 27.2 Å². The highest BCUT2D eigenvalue weighted by Crippen LogP contribution is 2.44. The molecule has 0 saturated carbocycles. The SMILES string of the molecule is CC(C)N(Cc1ccccc1)c1ncnc2c1C1OC[C@H](CN2)N1S(=O)(=O)c1ccc([N+](=O)[O-])cc1. The first-order valence-electron chi connectivity index (χ1n) is 11.6. The Bertz CT molecular complexity index is 1370. The van der Waals surface area contributed by atoms with Crippen LogP contribution in [0.15, 0.2) is 65.8 Å². The van der Waals surface area contributed by atoms with Gasteiger partial charge in [-0.2, -0.15) is 4.31 Å². The van der Waals surface area contributed by atoms with Crippen LogP contribution in [0, 0.1) is 10.1 Å². The molecule has 1 aromatic heterocycles. The average molecular weight is 511 g/mol. The van der Waals surface area contributed by atoms with Crippen LogP contribution in [0.5, 0.6) is 0 Å². The van der Waals surface area contributed by atoms with Crippen LogP contribution < -0.4 is 10.2 Å². The molecule has 0 spiro atoms. The number of nitrogens with one attached hydrogen (secondary N) is 1. The summed E-state index contributed by atoms with van der Waals surface area (Å²) >= 11 is 0. The zero-order chi connectivity index (χ0) is 25.4. The number of hydrogen-bond donors (Lipinski definition) is 1. The van der Waals surface area contributed by atoms with E-state index in [1.807, 2.05) is 44.2 Å². The lowest BCUT2D eigenvalue weighted by atomic mass is 10.1. The molecule has 11 nitrogen and oxygen atoms in total. The van der Waals surface area contributed by atoms with Gasteiger partial charge in [-0.15, -0.1) is 0 Å². The molecule has 1 unspecified atom stereocenters. The Labute approximate surface area is 208 Å². The predicted molar refractivity (Wildman–Crippen MR) is 133 cm³/mol. The molecule has 3 aromatic rings. The summed E-state index contributed by atoms with van der Waals surface area (Å²) in [6.45, 7) is 5.15. The molecule has 1 saturated heterocycles. The summed E-state index contributed by atoms with van der Waals surface area (Å²) in [4.78, 5) is 21.5. The van der Waals surface area contributed by atoms with Crippen molar-refractivity contribution < 1.29 is 18.1 Å². The molecule has 5 rings (SSSR count). The zero-order valence-corrected chi connectivity index (χ0v) is 20.6. The van der Waals surface area contributed by atoms with Gasteiger partial charge in [0.2, 0.25) is 10.0 Å². The Morgan fingerprint density at radius 2 is 1.89 bits per heavy atom. The van der Waals surface area contributed by atoms with E-state index in [1.165, 1.54) is 34.9 Å². The number of aromatic nitrogens is 2. The lowest BCUT2D eigenvalue weighted by Gasteiger charge is -2.32. The van der Waals surface area contributed by atoms with E-state index in [4.69, 9.17) is 4.74 Å². The minimum Gasteiger partial charge on any atom is -0.368 e. The van der Waals surface area contributed by atoms with Crippen molar-refractivity contribution >= 4 is 27.3 Å². The highest BCUT2D eigenvalue weighted by atomic mass is 32.2. The lowest BCUT2D eigenvalue weighted by molar-refractivity contribution is -0.384. The Morgan fingerprint density at radius 1 is 1.17 bits per heavy atom. The number of hydrogen-bond acceptors (Lipinski definition) is 9. The van der Waals surface area contributed by atoms with Crippen molar-refractivity contribution in [3.8, 4) is 0 Å². The van der Waals surface area contributed by atoms with E-state index >= 15 is 0 Å². The number of nitro benzene ring substituents is 1. The number of rotatable bonds is 7. The summed E-state index contributed by atoms with van der Waals surface area (Å²) in [5.74, 6) is 1.11. The highest BCUT2D eigenvalue weighted by molar-refractivity contribution is 7.89. The van der Waals surface area contributed by atoms with Gasteiger partial charge in [0.15, 0.2) is 6.23 Å². The topological polar surface area (TPSA) is 131 Å². The highest BCUT2D eigenvalue weighted by Gasteiger charge is 2.48. The molecule has 188 valence electrons. The molecule has 2 aliphatic heterocycles. The molecular formula is C24H26N6O5S. The van der Waals surface area contributed by atoms with Crippen molar-refractivity contribution in [3.05, 3.63) is 82.2 Å². The van der Waals surface area contributed by atoms with Gasteiger partial charge in [0.05, 0.1) is 28.0 Å². The molecule has 3 heterocycles. The number of ether oxygens (including phenoxy) is 1. The average Bonchev–Trinajstić information content (AvgIpc) is 3.22. The van der Waals surface area contributed by atoms with Crippen molar-refractivity contribution in [2.24, 2.45) is 0 Å². The summed E-state index contributed by atoms with van der Waals surface area (Å²) < 4.78 is 35.0. The van der Waals surface area contributed by atoms with Crippen molar-refractivity contribution in [2.75, 3.05) is 23.4 Å². The molecule has 1 fully saturated rings. The van der Waals surface area contributed by atoms with Crippen LogP contribution in [-0.2, 0) is 21.3 Å². The van der Waals surface area contributed by atoms with Crippen molar-refractivity contribution in [1.82, 2.24) is 14.3 Å². The number of nitrogens with zero attached hydrogens (tertiary/aromatic N) is 5. The summed E-state index contributed by atoms with van der Waals surface area (Å²) in [7, 11) is -4.06. The van der Waals surface area contributed by atoms with Gasteiger partial charge in [0, 0.05) is 31.3 Å². The smallest absolute Gasteiger partial charge is 0.269 e. The molecule has 2 bridgehead atoms. The largest absolute Gasteiger partial charge is 0.368 e. The molecule has 2 aromatic carbocycles. The van der Waals surface area contributed by atoms with Crippen molar-refractivity contribution in [2.45, 2.75) is 43.6 Å². The first-order chi connectivity index (χ1) is 17.3. The van der Waals surface area contributed by atoms with Crippen LogP contribution in [0.1, 0.15) is 31.2 Å². The third-order valence-electron chi connectivity index (χ3n) is 6.37.